The highest BCUT2D eigenvalue weighted by molar-refractivity contribution is 7.53. The number of anilines is 4. The van der Waals surface area contributed by atoms with E-state index < -0.39 is 25.2 Å². The van der Waals surface area contributed by atoms with Crippen molar-refractivity contribution in [3.63, 3.8) is 0 Å². The number of hydrogen-bond acceptors (Lipinski definition) is 12. The number of fused-ring (bicyclic) bond motifs is 1. The summed E-state index contributed by atoms with van der Waals surface area (Å²) in [6.45, 7) is 5.11. The maximum Gasteiger partial charge on any atom is 0.421 e. The lowest BCUT2D eigenvalue weighted by Crippen LogP contribution is -2.26. The van der Waals surface area contributed by atoms with E-state index >= 15 is 0 Å². The van der Waals surface area contributed by atoms with Crippen LogP contribution in [0, 0.1) is 5.92 Å². The molecule has 54 heavy (non-hydrogen) atoms. The maximum atomic E-state index is 14.3. The number of halogens is 3. The van der Waals surface area contributed by atoms with Crippen molar-refractivity contribution in [2.45, 2.75) is 64.3 Å². The van der Waals surface area contributed by atoms with E-state index in [2.05, 4.69) is 20.6 Å². The Morgan fingerprint density at radius 2 is 1.72 bits per heavy atom. The molecule has 0 spiro atoms. The number of carbonyl (C=O) groups excluding carboxylic acids is 2. The summed E-state index contributed by atoms with van der Waals surface area (Å²) in [6.07, 6.45) is -1.44. The number of esters is 1. The van der Waals surface area contributed by atoms with E-state index in [0.29, 0.717) is 68.6 Å². The number of ether oxygens (including phenoxy) is 2. The van der Waals surface area contributed by atoms with Crippen LogP contribution in [-0.4, -0.2) is 86.3 Å². The van der Waals surface area contributed by atoms with Crippen molar-refractivity contribution in [3.05, 3.63) is 64.3 Å². The van der Waals surface area contributed by atoms with E-state index in [1.54, 1.807) is 45.2 Å². The number of alkyl halides is 3. The lowest BCUT2D eigenvalue weighted by molar-refractivity contribution is -0.150. The van der Waals surface area contributed by atoms with Crippen molar-refractivity contribution < 1.29 is 45.8 Å². The Hall–Kier alpha value is -4.24. The van der Waals surface area contributed by atoms with Gasteiger partial charge in [-0.15, -0.1) is 0 Å². The van der Waals surface area contributed by atoms with E-state index in [0.717, 1.165) is 11.1 Å². The number of likely N-dealkylation sites (N-methyl/N-ethyl adjacent to an activating group) is 1. The molecule has 0 saturated heterocycles. The average molecular weight is 777 g/mol. The second kappa shape index (κ2) is 17.5. The second-order valence-electron chi connectivity index (χ2n) is 13.6. The molecule has 1 amide bonds. The van der Waals surface area contributed by atoms with Gasteiger partial charge in [-0.2, -0.15) is 18.2 Å². The predicted molar refractivity (Wildman–Crippen MR) is 198 cm³/mol. The highest BCUT2D eigenvalue weighted by Crippen LogP contribution is 2.52. The number of hydrogen-bond donors (Lipinski definition) is 2. The molecule has 1 aliphatic carbocycles. The second-order valence-corrected chi connectivity index (χ2v) is 15.6. The van der Waals surface area contributed by atoms with Crippen molar-refractivity contribution in [2.75, 3.05) is 65.3 Å². The van der Waals surface area contributed by atoms with Gasteiger partial charge in [0, 0.05) is 26.3 Å². The number of methoxy groups -OCH3 is 1. The Labute approximate surface area is 313 Å². The maximum absolute atomic E-state index is 14.3. The minimum Gasteiger partial charge on any atom is -0.495 e. The van der Waals surface area contributed by atoms with Crippen LogP contribution in [0.15, 0.2) is 36.5 Å². The van der Waals surface area contributed by atoms with Gasteiger partial charge in [-0.25, -0.2) is 4.98 Å². The third-order valence-corrected chi connectivity index (χ3v) is 11.5. The summed E-state index contributed by atoms with van der Waals surface area (Å²) in [5.74, 6) is -1.06. The molecule has 0 radical (unpaired) electrons. The Balaban J connectivity index is 1.39. The van der Waals surface area contributed by atoms with Crippen molar-refractivity contribution in [1.82, 2.24) is 19.8 Å². The zero-order valence-electron chi connectivity index (χ0n) is 31.4. The van der Waals surface area contributed by atoms with Gasteiger partial charge in [-0.3, -0.25) is 14.2 Å². The summed E-state index contributed by atoms with van der Waals surface area (Å²) in [6, 6.07) is 8.35. The number of carbonyl (C=O) groups is 2. The molecular formula is C37H48F3N6O7P. The van der Waals surface area contributed by atoms with Gasteiger partial charge in [0.05, 0.1) is 49.3 Å². The first-order chi connectivity index (χ1) is 25.7. The molecule has 1 fully saturated rings. The Morgan fingerprint density at radius 3 is 2.35 bits per heavy atom. The van der Waals surface area contributed by atoms with Crippen molar-refractivity contribution in [3.8, 4) is 5.75 Å². The first-order valence-electron chi connectivity index (χ1n) is 17.9. The summed E-state index contributed by atoms with van der Waals surface area (Å²) in [5, 5.41) is 5.73. The fourth-order valence-electron chi connectivity index (χ4n) is 6.83. The highest BCUT2D eigenvalue weighted by atomic mass is 31.2. The zero-order valence-corrected chi connectivity index (χ0v) is 32.3. The number of aromatic nitrogens is 2. The third kappa shape index (κ3) is 9.70. The molecule has 2 heterocycles. The Bertz CT molecular complexity index is 1860. The quantitative estimate of drug-likeness (QED) is 0.109. The number of benzene rings is 2. The average Bonchev–Trinajstić information content (AvgIpc) is 3.42. The fraction of sp³-hybridized carbons (Fsp3) is 0.514. The van der Waals surface area contributed by atoms with Crippen molar-refractivity contribution >= 4 is 42.6 Å². The van der Waals surface area contributed by atoms with E-state index in [1.165, 1.54) is 12.0 Å². The van der Waals surface area contributed by atoms with Gasteiger partial charge in [0.2, 0.25) is 5.95 Å². The lowest BCUT2D eigenvalue weighted by Gasteiger charge is -2.29. The summed E-state index contributed by atoms with van der Waals surface area (Å²) < 4.78 is 77.8. The number of nitrogens with one attached hydrogen (secondary N) is 2. The molecule has 3 aromatic rings. The molecule has 2 N–H and O–H groups in total. The standard InChI is InChI=1S/C37H48F3N6O7P/c1-7-52-54(49,53-8-2)22-23-9-15-29(31(19-23)50-6)43-36-41-20-28(37(38,39)40)33(44-36)42-30-16-14-26(27-21-46(5)34(47)32(27)30)24-10-12-25(13-11-24)35(48)51-18-17-45(3)4/h9,14-16,19-20,24-25H,7-8,10-13,17-18,21-22H2,1-6H3,(H2,41,42,43,44)/t24-,25+. The first kappa shape index (κ1) is 40.9. The van der Waals surface area contributed by atoms with Gasteiger partial charge in [-0.1, -0.05) is 12.1 Å². The van der Waals surface area contributed by atoms with Gasteiger partial charge < -0.3 is 39.0 Å². The van der Waals surface area contributed by atoms with Gasteiger partial charge in [0.1, 0.15) is 23.7 Å². The SMILES string of the molecule is CCOP(=O)(Cc1ccc(Nc2ncc(C(F)(F)F)c(Nc3ccc([C@H]4CC[C@@H](C(=O)OCCN(C)C)CC4)c4c3C(=O)N(C)C4)n2)c(OC)c1)OCC. The molecule has 13 nitrogen and oxygen atoms in total. The minimum atomic E-state index is -4.81. The van der Waals surface area contributed by atoms with Crippen LogP contribution in [0.4, 0.5) is 36.3 Å². The van der Waals surface area contributed by atoms with Crippen LogP contribution in [-0.2, 0) is 42.0 Å². The summed E-state index contributed by atoms with van der Waals surface area (Å²) in [7, 11) is 3.47. The van der Waals surface area contributed by atoms with Crippen LogP contribution in [0.2, 0.25) is 0 Å². The minimum absolute atomic E-state index is 0.0135. The molecule has 0 bridgehead atoms. The molecular weight excluding hydrogens is 728 g/mol. The molecule has 1 aliphatic heterocycles. The lowest BCUT2D eigenvalue weighted by atomic mass is 9.77. The molecule has 0 unspecified atom stereocenters. The largest absolute Gasteiger partial charge is 0.495 e. The summed E-state index contributed by atoms with van der Waals surface area (Å²) in [4.78, 5) is 37.8. The van der Waals surface area contributed by atoms with Crippen molar-refractivity contribution in [2.24, 2.45) is 5.92 Å². The van der Waals surface area contributed by atoms with E-state index in [9.17, 15) is 27.3 Å². The van der Waals surface area contributed by atoms with Crippen LogP contribution in [0.5, 0.6) is 5.75 Å². The van der Waals surface area contributed by atoms with Crippen molar-refractivity contribution in [1.29, 1.82) is 0 Å². The van der Waals surface area contributed by atoms with Crippen LogP contribution in [0.25, 0.3) is 0 Å². The first-order valence-corrected chi connectivity index (χ1v) is 19.6. The van der Waals surface area contributed by atoms with E-state index in [-0.39, 0.29) is 60.3 Å². The van der Waals surface area contributed by atoms with Gasteiger partial charge in [-0.05, 0) is 94.4 Å². The van der Waals surface area contributed by atoms with Crippen LogP contribution in [0.3, 0.4) is 0 Å². The fourth-order valence-corrected chi connectivity index (χ4v) is 8.52. The van der Waals surface area contributed by atoms with Crippen LogP contribution >= 0.6 is 7.60 Å². The molecule has 17 heteroatoms. The van der Waals surface area contributed by atoms with E-state index in [1.807, 2.05) is 25.1 Å². The number of rotatable bonds is 16. The number of nitrogens with zero attached hydrogens (tertiary/aromatic N) is 4. The molecule has 2 aliphatic rings. The van der Waals surface area contributed by atoms with Gasteiger partial charge >= 0.3 is 19.7 Å². The highest BCUT2D eigenvalue weighted by Gasteiger charge is 2.38. The Morgan fingerprint density at radius 1 is 1.04 bits per heavy atom. The topological polar surface area (TPSA) is 144 Å². The number of amides is 1. The van der Waals surface area contributed by atoms with Gasteiger partial charge in [0.25, 0.3) is 5.91 Å². The molecule has 0 atom stereocenters. The van der Waals surface area contributed by atoms with Gasteiger partial charge in [0.15, 0.2) is 0 Å². The van der Waals surface area contributed by atoms with Crippen LogP contribution in [0.1, 0.15) is 78.1 Å². The zero-order chi connectivity index (χ0) is 39.2. The normalized spacial score (nSPS) is 17.4. The van der Waals surface area contributed by atoms with E-state index in [4.69, 9.17) is 18.5 Å². The molecule has 294 valence electrons. The monoisotopic (exact) mass is 776 g/mol. The third-order valence-electron chi connectivity index (χ3n) is 9.48. The summed E-state index contributed by atoms with van der Waals surface area (Å²) >= 11 is 0. The molecule has 5 rings (SSSR count). The molecule has 2 aromatic carbocycles. The smallest absolute Gasteiger partial charge is 0.421 e. The Kier molecular flexibility index (Phi) is 13.3. The summed E-state index contributed by atoms with van der Waals surface area (Å²) in [5.41, 5.74) is 1.98. The predicted octanol–water partition coefficient (Wildman–Crippen LogP) is 7.72. The molecule has 1 aromatic heterocycles. The van der Waals surface area contributed by atoms with Crippen LogP contribution < -0.4 is 15.4 Å². The molecule has 1 saturated carbocycles.